The first-order valence-corrected chi connectivity index (χ1v) is 8.91. The van der Waals surface area contributed by atoms with Crippen LogP contribution in [0, 0.1) is 0 Å². The number of carbonyl (C=O) groups excluding carboxylic acids is 2. The second kappa shape index (κ2) is 10.3. The number of anilines is 1. The Kier molecular flexibility index (Phi) is 7.74. The molecule has 2 N–H and O–H groups in total. The molecule has 0 radical (unpaired) electrons. The molecule has 6 nitrogen and oxygen atoms in total. The molecular weight excluding hydrogens is 330 g/mol. The van der Waals surface area contributed by atoms with Crippen molar-refractivity contribution in [2.45, 2.75) is 25.7 Å². The fourth-order valence-corrected chi connectivity index (χ4v) is 2.52. The van der Waals surface area contributed by atoms with Crippen molar-refractivity contribution in [3.63, 3.8) is 0 Å². The van der Waals surface area contributed by atoms with Gasteiger partial charge in [0.2, 0.25) is 5.91 Å². The van der Waals surface area contributed by atoms with Crippen LogP contribution >= 0.6 is 0 Å². The maximum absolute atomic E-state index is 11.8. The summed E-state index contributed by atoms with van der Waals surface area (Å²) in [7, 11) is 4.04. The summed E-state index contributed by atoms with van der Waals surface area (Å²) in [5.41, 5.74) is 2.45. The number of hydrogen-bond donors (Lipinski definition) is 2. The monoisotopic (exact) mass is 357 g/mol. The summed E-state index contributed by atoms with van der Waals surface area (Å²) >= 11 is 0. The van der Waals surface area contributed by atoms with Gasteiger partial charge in [-0.3, -0.25) is 9.59 Å². The van der Waals surface area contributed by atoms with Gasteiger partial charge in [-0.2, -0.15) is 0 Å². The Morgan fingerprint density at radius 3 is 2.38 bits per heavy atom. The fourth-order valence-electron chi connectivity index (χ4n) is 2.52. The van der Waals surface area contributed by atoms with E-state index in [9.17, 15) is 9.59 Å². The number of nitrogens with zero attached hydrogens (tertiary/aromatic N) is 1. The Morgan fingerprint density at radius 2 is 1.73 bits per heavy atom. The molecule has 2 rings (SSSR count). The molecule has 0 saturated carbocycles. The number of furan rings is 1. The summed E-state index contributed by atoms with van der Waals surface area (Å²) in [4.78, 5) is 25.5. The highest BCUT2D eigenvalue weighted by molar-refractivity contribution is 5.91. The zero-order valence-electron chi connectivity index (χ0n) is 15.5. The van der Waals surface area contributed by atoms with E-state index in [4.69, 9.17) is 4.42 Å². The lowest BCUT2D eigenvalue weighted by Crippen LogP contribution is -2.28. The first-order valence-electron chi connectivity index (χ1n) is 8.91. The number of nitrogens with one attached hydrogen (secondary N) is 2. The van der Waals surface area contributed by atoms with Gasteiger partial charge in [-0.25, -0.2) is 0 Å². The van der Waals surface area contributed by atoms with Crippen LogP contribution in [0.3, 0.4) is 0 Å². The predicted octanol–water partition coefficient (Wildman–Crippen LogP) is 2.60. The van der Waals surface area contributed by atoms with Gasteiger partial charge < -0.3 is 20.0 Å². The maximum Gasteiger partial charge on any atom is 0.286 e. The van der Waals surface area contributed by atoms with Gasteiger partial charge in [0.05, 0.1) is 6.26 Å². The molecule has 0 fully saturated rings. The van der Waals surface area contributed by atoms with Crippen molar-refractivity contribution in [2.24, 2.45) is 0 Å². The van der Waals surface area contributed by atoms with E-state index in [2.05, 4.69) is 39.8 Å². The van der Waals surface area contributed by atoms with E-state index in [0.29, 0.717) is 25.9 Å². The Hall–Kier alpha value is -2.76. The van der Waals surface area contributed by atoms with E-state index in [0.717, 1.165) is 12.8 Å². The largest absolute Gasteiger partial charge is 0.459 e. The average Bonchev–Trinajstić information content (AvgIpc) is 3.17. The van der Waals surface area contributed by atoms with Crippen LogP contribution in [-0.2, 0) is 11.2 Å². The molecule has 140 valence electrons. The van der Waals surface area contributed by atoms with Crippen LogP contribution < -0.4 is 15.5 Å². The summed E-state index contributed by atoms with van der Waals surface area (Å²) in [5.74, 6) is 0.0453. The lowest BCUT2D eigenvalue weighted by atomic mass is 10.1. The van der Waals surface area contributed by atoms with Crippen molar-refractivity contribution in [1.82, 2.24) is 10.6 Å². The van der Waals surface area contributed by atoms with E-state index >= 15 is 0 Å². The smallest absolute Gasteiger partial charge is 0.286 e. The highest BCUT2D eigenvalue weighted by Gasteiger charge is 2.07. The van der Waals surface area contributed by atoms with Gasteiger partial charge in [0.25, 0.3) is 5.91 Å². The van der Waals surface area contributed by atoms with Crippen LogP contribution in [-0.4, -0.2) is 39.0 Å². The van der Waals surface area contributed by atoms with Crippen molar-refractivity contribution < 1.29 is 14.0 Å². The Labute approximate surface area is 154 Å². The molecule has 0 unspecified atom stereocenters. The Morgan fingerprint density at radius 1 is 1.00 bits per heavy atom. The minimum absolute atomic E-state index is 0.0141. The topological polar surface area (TPSA) is 74.6 Å². The zero-order valence-corrected chi connectivity index (χ0v) is 15.5. The van der Waals surface area contributed by atoms with Gasteiger partial charge in [0.1, 0.15) is 0 Å². The first-order chi connectivity index (χ1) is 12.6. The SMILES string of the molecule is CN(C)c1ccc(CCCNC(=O)CCCNC(=O)c2ccco2)cc1. The highest BCUT2D eigenvalue weighted by Crippen LogP contribution is 2.13. The van der Waals surface area contributed by atoms with Crippen molar-refractivity contribution in [3.8, 4) is 0 Å². The van der Waals surface area contributed by atoms with E-state index in [-0.39, 0.29) is 17.6 Å². The molecule has 6 heteroatoms. The number of rotatable bonds is 10. The van der Waals surface area contributed by atoms with Crippen molar-refractivity contribution in [2.75, 3.05) is 32.1 Å². The number of hydrogen-bond acceptors (Lipinski definition) is 4. The third-order valence-corrected chi connectivity index (χ3v) is 4.03. The molecule has 1 heterocycles. The highest BCUT2D eigenvalue weighted by atomic mass is 16.3. The fraction of sp³-hybridized carbons (Fsp3) is 0.400. The van der Waals surface area contributed by atoms with Gasteiger partial charge >= 0.3 is 0 Å². The molecule has 2 aromatic rings. The van der Waals surface area contributed by atoms with E-state index < -0.39 is 0 Å². The van der Waals surface area contributed by atoms with Crippen LogP contribution in [0.2, 0.25) is 0 Å². The molecule has 0 aliphatic carbocycles. The first kappa shape index (κ1) is 19.6. The number of carbonyl (C=O) groups is 2. The maximum atomic E-state index is 11.8. The number of aryl methyl sites for hydroxylation is 1. The average molecular weight is 357 g/mol. The van der Waals surface area contributed by atoms with Gasteiger partial charge in [0.15, 0.2) is 5.76 Å². The van der Waals surface area contributed by atoms with Crippen LogP contribution in [0.25, 0.3) is 0 Å². The molecule has 0 atom stereocenters. The second-order valence-corrected chi connectivity index (χ2v) is 6.35. The Bertz CT molecular complexity index is 679. The molecule has 0 aliphatic rings. The Balaban J connectivity index is 1.52. The van der Waals surface area contributed by atoms with E-state index in [1.807, 2.05) is 14.1 Å². The van der Waals surface area contributed by atoms with Gasteiger partial charge in [-0.15, -0.1) is 0 Å². The van der Waals surface area contributed by atoms with Crippen molar-refractivity contribution >= 4 is 17.5 Å². The van der Waals surface area contributed by atoms with Crippen LogP contribution in [0.15, 0.2) is 47.1 Å². The zero-order chi connectivity index (χ0) is 18.8. The summed E-state index contributed by atoms with van der Waals surface area (Å²) in [5, 5.41) is 5.65. The van der Waals surface area contributed by atoms with Crippen LogP contribution in [0.4, 0.5) is 5.69 Å². The molecule has 2 amide bonds. The molecule has 26 heavy (non-hydrogen) atoms. The molecule has 0 aliphatic heterocycles. The van der Waals surface area contributed by atoms with E-state index in [1.165, 1.54) is 17.5 Å². The van der Waals surface area contributed by atoms with E-state index in [1.54, 1.807) is 12.1 Å². The van der Waals surface area contributed by atoms with Gasteiger partial charge in [-0.05, 0) is 49.1 Å². The lowest BCUT2D eigenvalue weighted by molar-refractivity contribution is -0.121. The van der Waals surface area contributed by atoms with Gasteiger partial charge in [0, 0.05) is 39.3 Å². The summed E-state index contributed by atoms with van der Waals surface area (Å²) < 4.78 is 5.00. The molecular formula is C20H27N3O3. The molecule has 0 spiro atoms. The second-order valence-electron chi connectivity index (χ2n) is 6.35. The molecule has 0 saturated heterocycles. The van der Waals surface area contributed by atoms with Crippen molar-refractivity contribution in [3.05, 3.63) is 54.0 Å². The predicted molar refractivity (Wildman–Crippen MR) is 102 cm³/mol. The summed E-state index contributed by atoms with van der Waals surface area (Å²) in [6, 6.07) is 11.7. The minimum Gasteiger partial charge on any atom is -0.459 e. The third kappa shape index (κ3) is 6.63. The standard InChI is InChI=1S/C20H27N3O3/c1-23(2)17-11-9-16(10-12-17)6-3-13-21-19(24)8-4-14-22-20(25)18-7-5-15-26-18/h5,7,9-12,15H,3-4,6,8,13-14H2,1-2H3,(H,21,24)(H,22,25). The lowest BCUT2D eigenvalue weighted by Gasteiger charge is -2.12. The van der Waals surface area contributed by atoms with Crippen LogP contribution in [0.1, 0.15) is 35.4 Å². The summed E-state index contributed by atoms with van der Waals surface area (Å²) in [6.07, 6.45) is 4.30. The molecule has 0 bridgehead atoms. The van der Waals surface area contributed by atoms with Crippen molar-refractivity contribution in [1.29, 1.82) is 0 Å². The third-order valence-electron chi connectivity index (χ3n) is 4.03. The normalized spacial score (nSPS) is 10.4. The van der Waals surface area contributed by atoms with Gasteiger partial charge in [-0.1, -0.05) is 12.1 Å². The summed E-state index contributed by atoms with van der Waals surface area (Å²) in [6.45, 7) is 1.11. The van der Waals surface area contributed by atoms with Crippen LogP contribution in [0.5, 0.6) is 0 Å². The number of amides is 2. The minimum atomic E-state index is -0.254. The molecule has 1 aromatic heterocycles. The quantitative estimate of drug-likeness (QED) is 0.641. The molecule has 1 aromatic carbocycles. The number of benzene rings is 1.